The summed E-state index contributed by atoms with van der Waals surface area (Å²) >= 11 is 0. The fourth-order valence-electron chi connectivity index (χ4n) is 6.48. The Morgan fingerprint density at radius 3 is 1.35 bits per heavy atom. The van der Waals surface area contributed by atoms with Gasteiger partial charge in [-0.25, -0.2) is 0 Å². The first-order chi connectivity index (χ1) is 19.8. The molecule has 1 aromatic carbocycles. The molecule has 0 radical (unpaired) electrons. The van der Waals surface area contributed by atoms with Crippen molar-refractivity contribution in [2.24, 2.45) is 21.8 Å². The SMILES string of the molecule is CCCCCCCCCCCCCC(Cc1ccccc1)C(CCCCCCCCCCCCC)[C+]1N=CC=N1. The molecule has 0 N–H and O–H groups in total. The van der Waals surface area contributed by atoms with Gasteiger partial charge in [-0.05, 0) is 30.7 Å². The highest BCUT2D eigenvalue weighted by Crippen LogP contribution is 2.37. The first-order valence-electron chi connectivity index (χ1n) is 17.8. The molecule has 40 heavy (non-hydrogen) atoms. The number of hydrogen-bond acceptors (Lipinski definition) is 2. The lowest BCUT2D eigenvalue weighted by atomic mass is 9.78. The quantitative estimate of drug-likeness (QED) is 0.0733. The summed E-state index contributed by atoms with van der Waals surface area (Å²) < 4.78 is 0. The van der Waals surface area contributed by atoms with Gasteiger partial charge in [0.15, 0.2) is 12.4 Å². The van der Waals surface area contributed by atoms with Gasteiger partial charge in [0.05, 0.1) is 5.92 Å². The van der Waals surface area contributed by atoms with Crippen molar-refractivity contribution in [1.82, 2.24) is 0 Å². The maximum Gasteiger partial charge on any atom is 0.244 e. The fourth-order valence-corrected chi connectivity index (χ4v) is 6.48. The lowest BCUT2D eigenvalue weighted by Gasteiger charge is -2.26. The number of benzene rings is 1. The van der Waals surface area contributed by atoms with Crippen LogP contribution in [0.4, 0.5) is 0 Å². The minimum Gasteiger partial charge on any atom is -0.0965 e. The first-order valence-corrected chi connectivity index (χ1v) is 17.8. The Hall–Kier alpha value is -1.57. The van der Waals surface area contributed by atoms with Crippen LogP contribution in [-0.4, -0.2) is 12.4 Å². The third-order valence-electron chi connectivity index (χ3n) is 9.02. The monoisotopic (exact) mass is 550 g/mol. The summed E-state index contributed by atoms with van der Waals surface area (Å²) in [5.74, 6) is 1.14. The largest absolute Gasteiger partial charge is 0.244 e. The smallest absolute Gasteiger partial charge is 0.0965 e. The van der Waals surface area contributed by atoms with E-state index in [2.05, 4.69) is 44.2 Å². The van der Waals surface area contributed by atoms with Crippen molar-refractivity contribution in [2.45, 2.75) is 174 Å². The standard InChI is InChI=1S/C38H65N2/c1-3-5-7-9-11-13-15-17-19-21-26-30-36(34-35-28-24-23-25-29-35)37(38-39-32-33-40-38)31-27-22-20-18-16-14-12-10-8-6-4-2/h23-25,28-29,32-33,36-37H,3-22,26-27,30-31,34H2,1-2H3/q+1. The van der Waals surface area contributed by atoms with Crippen LogP contribution in [0.5, 0.6) is 0 Å². The van der Waals surface area contributed by atoms with Gasteiger partial charge >= 0.3 is 0 Å². The number of unbranched alkanes of at least 4 members (excludes halogenated alkanes) is 20. The molecule has 0 spiro atoms. The molecule has 0 saturated carbocycles. The fraction of sp³-hybridized carbons (Fsp3) is 0.763. The van der Waals surface area contributed by atoms with Crippen molar-refractivity contribution < 1.29 is 0 Å². The zero-order valence-corrected chi connectivity index (χ0v) is 26.8. The van der Waals surface area contributed by atoms with Gasteiger partial charge < -0.3 is 0 Å². The highest BCUT2D eigenvalue weighted by molar-refractivity contribution is 6.18. The van der Waals surface area contributed by atoms with E-state index in [9.17, 15) is 0 Å². The molecule has 226 valence electrons. The maximum atomic E-state index is 4.74. The van der Waals surface area contributed by atoms with Crippen molar-refractivity contribution in [3.05, 3.63) is 42.1 Å². The third-order valence-corrected chi connectivity index (χ3v) is 9.02. The molecule has 2 heteroatoms. The molecular weight excluding hydrogens is 484 g/mol. The molecule has 2 rings (SSSR count). The Morgan fingerprint density at radius 2 is 0.900 bits per heavy atom. The van der Waals surface area contributed by atoms with Crippen LogP contribution in [0.1, 0.15) is 174 Å². The predicted molar refractivity (Wildman–Crippen MR) is 180 cm³/mol. The highest BCUT2D eigenvalue weighted by atomic mass is 15.0. The van der Waals surface area contributed by atoms with Crippen LogP contribution in [0.25, 0.3) is 0 Å². The Morgan fingerprint density at radius 1 is 0.500 bits per heavy atom. The molecule has 1 aromatic rings. The lowest BCUT2D eigenvalue weighted by molar-refractivity contribution is 0.284. The van der Waals surface area contributed by atoms with Crippen LogP contribution in [-0.2, 0) is 6.42 Å². The van der Waals surface area contributed by atoms with Crippen LogP contribution in [0.3, 0.4) is 0 Å². The molecule has 2 unspecified atom stereocenters. The minimum atomic E-state index is 0.497. The molecule has 0 saturated heterocycles. The molecule has 0 fully saturated rings. The minimum absolute atomic E-state index is 0.497. The van der Waals surface area contributed by atoms with Crippen molar-refractivity contribution in [2.75, 3.05) is 0 Å². The van der Waals surface area contributed by atoms with Crippen LogP contribution < -0.4 is 0 Å². The summed E-state index contributed by atoms with van der Waals surface area (Å²) in [5, 5.41) is 0. The van der Waals surface area contributed by atoms with Gasteiger partial charge in [-0.3, -0.25) is 0 Å². The van der Waals surface area contributed by atoms with Crippen LogP contribution in [0.2, 0.25) is 0 Å². The summed E-state index contributed by atoms with van der Waals surface area (Å²) in [6.45, 7) is 4.61. The van der Waals surface area contributed by atoms with E-state index >= 15 is 0 Å². The molecule has 2 atom stereocenters. The molecule has 1 heterocycles. The Kier molecular flexibility index (Phi) is 21.8. The van der Waals surface area contributed by atoms with Gasteiger partial charge in [-0.15, -0.1) is 0 Å². The van der Waals surface area contributed by atoms with Crippen LogP contribution in [0.15, 0.2) is 40.3 Å². The van der Waals surface area contributed by atoms with E-state index in [-0.39, 0.29) is 0 Å². The maximum absolute atomic E-state index is 4.74. The third kappa shape index (κ3) is 17.3. The predicted octanol–water partition coefficient (Wildman–Crippen LogP) is 12.5. The van der Waals surface area contributed by atoms with E-state index in [1.807, 2.05) is 12.4 Å². The summed E-state index contributed by atoms with van der Waals surface area (Å²) in [4.78, 5) is 9.49. The molecule has 0 amide bonds. The van der Waals surface area contributed by atoms with Gasteiger partial charge in [0.1, 0.15) is 0 Å². The number of rotatable bonds is 28. The van der Waals surface area contributed by atoms with Gasteiger partial charge in [0.2, 0.25) is 6.17 Å². The zero-order chi connectivity index (χ0) is 28.4. The first kappa shape index (κ1) is 34.6. The summed E-state index contributed by atoms with van der Waals surface area (Å²) in [7, 11) is 0. The number of aliphatic imine (C=N–C) groups is 2. The normalized spacial score (nSPS) is 14.3. The zero-order valence-electron chi connectivity index (χ0n) is 26.8. The lowest BCUT2D eigenvalue weighted by Crippen LogP contribution is -2.22. The summed E-state index contributed by atoms with van der Waals surface area (Å²) in [5.41, 5.74) is 1.48. The summed E-state index contributed by atoms with van der Waals surface area (Å²) in [6.07, 6.45) is 39.6. The molecule has 0 bridgehead atoms. The number of hydrogen-bond donors (Lipinski definition) is 0. The second-order valence-corrected chi connectivity index (χ2v) is 12.6. The summed E-state index contributed by atoms with van der Waals surface area (Å²) in [6, 6.07) is 11.2. The molecule has 1 aliphatic rings. The van der Waals surface area contributed by atoms with Gasteiger partial charge in [0, 0.05) is 0 Å². The topological polar surface area (TPSA) is 24.7 Å². The molecule has 0 aliphatic carbocycles. The van der Waals surface area contributed by atoms with Crippen molar-refractivity contribution in [3.8, 4) is 0 Å². The van der Waals surface area contributed by atoms with E-state index in [1.54, 1.807) is 0 Å². The van der Waals surface area contributed by atoms with Gasteiger partial charge in [-0.2, -0.15) is 0 Å². The van der Waals surface area contributed by atoms with E-state index in [1.165, 1.54) is 160 Å². The Balaban J connectivity index is 1.74. The second kappa shape index (κ2) is 25.2. The van der Waals surface area contributed by atoms with Gasteiger partial charge in [-0.1, -0.05) is 195 Å². The van der Waals surface area contributed by atoms with Crippen LogP contribution >= 0.6 is 0 Å². The Labute approximate surface area is 250 Å². The number of nitrogens with zero attached hydrogens (tertiary/aromatic N) is 2. The average molecular weight is 550 g/mol. The van der Waals surface area contributed by atoms with Crippen molar-refractivity contribution >= 4 is 12.4 Å². The Bertz CT molecular complexity index is 712. The van der Waals surface area contributed by atoms with E-state index in [0.29, 0.717) is 11.8 Å². The van der Waals surface area contributed by atoms with E-state index < -0.39 is 0 Å². The van der Waals surface area contributed by atoms with Gasteiger partial charge in [0.25, 0.3) is 0 Å². The molecular formula is C38H65N2+. The van der Waals surface area contributed by atoms with E-state index in [4.69, 9.17) is 9.98 Å². The van der Waals surface area contributed by atoms with Crippen molar-refractivity contribution in [3.63, 3.8) is 0 Å². The molecule has 2 nitrogen and oxygen atoms in total. The van der Waals surface area contributed by atoms with Crippen molar-refractivity contribution in [1.29, 1.82) is 0 Å². The second-order valence-electron chi connectivity index (χ2n) is 12.6. The van der Waals surface area contributed by atoms with E-state index in [0.717, 1.165) is 12.6 Å². The molecule has 1 aliphatic heterocycles. The van der Waals surface area contributed by atoms with Crippen LogP contribution in [0, 0.1) is 18.0 Å². The highest BCUT2D eigenvalue weighted by Gasteiger charge is 2.35. The average Bonchev–Trinajstić information content (AvgIpc) is 3.51. The molecule has 0 aromatic heterocycles.